The summed E-state index contributed by atoms with van der Waals surface area (Å²) < 4.78 is 6.05. The molecule has 3 heterocycles. The van der Waals surface area contributed by atoms with Gasteiger partial charge in [-0.25, -0.2) is 4.98 Å². The molecule has 1 unspecified atom stereocenters. The fraction of sp³-hybridized carbons (Fsp3) is 0.250. The summed E-state index contributed by atoms with van der Waals surface area (Å²) in [6.45, 7) is 1.37. The SMILES string of the molecule is O=C(c1cc2ccccc2[nH]1)N1CCCC(c2ncc(Cc3ccc(Cl)cc3)o2)C1. The van der Waals surface area contributed by atoms with Crippen molar-refractivity contribution in [3.8, 4) is 0 Å². The highest BCUT2D eigenvalue weighted by atomic mass is 35.5. The van der Waals surface area contributed by atoms with Gasteiger partial charge in [-0.3, -0.25) is 4.79 Å². The molecule has 30 heavy (non-hydrogen) atoms. The monoisotopic (exact) mass is 419 g/mol. The molecule has 1 N–H and O–H groups in total. The van der Waals surface area contributed by atoms with Gasteiger partial charge in [0.15, 0.2) is 5.89 Å². The van der Waals surface area contributed by atoms with Gasteiger partial charge in [0, 0.05) is 35.4 Å². The first-order valence-corrected chi connectivity index (χ1v) is 10.6. The van der Waals surface area contributed by atoms with Crippen molar-refractivity contribution >= 4 is 28.4 Å². The van der Waals surface area contributed by atoms with E-state index in [9.17, 15) is 4.79 Å². The number of nitrogens with one attached hydrogen (secondary N) is 1. The van der Waals surface area contributed by atoms with Crippen molar-refractivity contribution in [2.45, 2.75) is 25.2 Å². The molecule has 1 amide bonds. The zero-order valence-corrected chi connectivity index (χ0v) is 17.2. The molecule has 4 aromatic rings. The molecule has 5 nitrogen and oxygen atoms in total. The Bertz CT molecular complexity index is 1150. The maximum Gasteiger partial charge on any atom is 0.270 e. The third-order valence-corrected chi connectivity index (χ3v) is 5.93. The third kappa shape index (κ3) is 3.85. The van der Waals surface area contributed by atoms with Crippen molar-refractivity contribution in [3.05, 3.63) is 88.7 Å². The first-order valence-electron chi connectivity index (χ1n) is 10.2. The van der Waals surface area contributed by atoms with Crippen LogP contribution in [0.1, 0.15) is 46.5 Å². The molecule has 5 rings (SSSR count). The van der Waals surface area contributed by atoms with Crippen LogP contribution in [-0.4, -0.2) is 33.9 Å². The van der Waals surface area contributed by atoms with Crippen LogP contribution < -0.4 is 0 Å². The normalized spacial score (nSPS) is 16.8. The summed E-state index contributed by atoms with van der Waals surface area (Å²) in [6.07, 6.45) is 4.37. The molecular weight excluding hydrogens is 398 g/mol. The first kappa shape index (κ1) is 18.9. The van der Waals surface area contributed by atoms with Crippen LogP contribution in [0.2, 0.25) is 5.02 Å². The highest BCUT2D eigenvalue weighted by Gasteiger charge is 2.29. The van der Waals surface area contributed by atoms with Crippen LogP contribution in [0, 0.1) is 0 Å². The van der Waals surface area contributed by atoms with Gasteiger partial charge >= 0.3 is 0 Å². The van der Waals surface area contributed by atoms with E-state index in [0.29, 0.717) is 24.6 Å². The Kier molecular flexibility index (Phi) is 5.05. The van der Waals surface area contributed by atoms with Gasteiger partial charge in [0.25, 0.3) is 5.91 Å². The maximum absolute atomic E-state index is 13.1. The van der Waals surface area contributed by atoms with Gasteiger partial charge in [-0.2, -0.15) is 0 Å². The number of amides is 1. The van der Waals surface area contributed by atoms with Crippen molar-refractivity contribution in [2.75, 3.05) is 13.1 Å². The minimum atomic E-state index is 0.0313. The number of halogens is 1. The molecule has 152 valence electrons. The molecule has 1 fully saturated rings. The average Bonchev–Trinajstić information content (AvgIpc) is 3.42. The van der Waals surface area contributed by atoms with Gasteiger partial charge in [-0.1, -0.05) is 41.9 Å². The lowest BCUT2D eigenvalue weighted by atomic mass is 9.97. The fourth-order valence-corrected chi connectivity index (χ4v) is 4.24. The van der Waals surface area contributed by atoms with Crippen LogP contribution in [-0.2, 0) is 6.42 Å². The van der Waals surface area contributed by atoms with Gasteiger partial charge in [0.2, 0.25) is 0 Å². The van der Waals surface area contributed by atoms with E-state index in [-0.39, 0.29) is 11.8 Å². The summed E-state index contributed by atoms with van der Waals surface area (Å²) in [6, 6.07) is 17.6. The predicted octanol–water partition coefficient (Wildman–Crippen LogP) is 5.42. The summed E-state index contributed by atoms with van der Waals surface area (Å²) >= 11 is 5.96. The molecule has 1 atom stereocenters. The topological polar surface area (TPSA) is 62.1 Å². The van der Waals surface area contributed by atoms with Gasteiger partial charge in [0.1, 0.15) is 11.5 Å². The quantitative estimate of drug-likeness (QED) is 0.480. The number of piperidine rings is 1. The van der Waals surface area contributed by atoms with Gasteiger partial charge in [-0.15, -0.1) is 0 Å². The minimum Gasteiger partial charge on any atom is -0.445 e. The number of aromatic nitrogens is 2. The Morgan fingerprint density at radius 1 is 1.20 bits per heavy atom. The largest absolute Gasteiger partial charge is 0.445 e. The minimum absolute atomic E-state index is 0.0313. The van der Waals surface area contributed by atoms with E-state index in [2.05, 4.69) is 9.97 Å². The Labute approximate surface area is 179 Å². The van der Waals surface area contributed by atoms with Crippen molar-refractivity contribution in [1.29, 1.82) is 0 Å². The van der Waals surface area contributed by atoms with E-state index < -0.39 is 0 Å². The molecule has 2 aromatic carbocycles. The molecule has 1 aliphatic heterocycles. The van der Waals surface area contributed by atoms with Crippen LogP contribution in [0.3, 0.4) is 0 Å². The number of carbonyl (C=O) groups excluding carboxylic acids is 1. The highest BCUT2D eigenvalue weighted by Crippen LogP contribution is 2.28. The number of H-pyrrole nitrogens is 1. The fourth-order valence-electron chi connectivity index (χ4n) is 4.12. The molecule has 0 bridgehead atoms. The number of hydrogen-bond donors (Lipinski definition) is 1. The summed E-state index contributed by atoms with van der Waals surface area (Å²) in [5.74, 6) is 1.69. The number of aromatic amines is 1. The number of rotatable bonds is 4. The summed E-state index contributed by atoms with van der Waals surface area (Å²) in [7, 11) is 0. The summed E-state index contributed by atoms with van der Waals surface area (Å²) in [4.78, 5) is 22.7. The number of carbonyl (C=O) groups is 1. The van der Waals surface area contributed by atoms with Crippen LogP contribution in [0.5, 0.6) is 0 Å². The second-order valence-electron chi connectivity index (χ2n) is 7.83. The molecule has 2 aromatic heterocycles. The maximum atomic E-state index is 13.1. The van der Waals surface area contributed by atoms with E-state index in [4.69, 9.17) is 16.0 Å². The van der Waals surface area contributed by atoms with Gasteiger partial charge in [0.05, 0.1) is 12.1 Å². The molecule has 6 heteroatoms. The Hall–Kier alpha value is -3.05. The molecule has 0 aliphatic carbocycles. The van der Waals surface area contributed by atoms with Crippen molar-refractivity contribution in [1.82, 2.24) is 14.9 Å². The Morgan fingerprint density at radius 3 is 2.87 bits per heavy atom. The van der Waals surface area contributed by atoms with E-state index in [1.54, 1.807) is 6.20 Å². The lowest BCUT2D eigenvalue weighted by molar-refractivity contribution is 0.0693. The van der Waals surface area contributed by atoms with Crippen molar-refractivity contribution in [2.24, 2.45) is 0 Å². The first-order chi connectivity index (χ1) is 14.7. The summed E-state index contributed by atoms with van der Waals surface area (Å²) in [5, 5.41) is 1.77. The second kappa shape index (κ2) is 8.00. The van der Waals surface area contributed by atoms with E-state index in [1.807, 2.05) is 59.5 Å². The van der Waals surface area contributed by atoms with Crippen molar-refractivity contribution in [3.63, 3.8) is 0 Å². The zero-order valence-electron chi connectivity index (χ0n) is 16.5. The molecule has 1 aliphatic rings. The van der Waals surface area contributed by atoms with E-state index in [0.717, 1.165) is 46.6 Å². The van der Waals surface area contributed by atoms with Crippen molar-refractivity contribution < 1.29 is 9.21 Å². The van der Waals surface area contributed by atoms with Gasteiger partial charge < -0.3 is 14.3 Å². The number of para-hydroxylation sites is 1. The zero-order chi connectivity index (χ0) is 20.5. The number of likely N-dealkylation sites (tertiary alicyclic amines) is 1. The van der Waals surface area contributed by atoms with Gasteiger partial charge in [-0.05, 0) is 42.7 Å². The molecule has 0 saturated carbocycles. The van der Waals surface area contributed by atoms with Crippen LogP contribution in [0.4, 0.5) is 0 Å². The van der Waals surface area contributed by atoms with E-state index in [1.165, 1.54) is 0 Å². The number of nitrogens with zero attached hydrogens (tertiary/aromatic N) is 2. The molecular formula is C24H22ClN3O2. The van der Waals surface area contributed by atoms with Crippen LogP contribution in [0.15, 0.2) is 65.2 Å². The number of oxazole rings is 1. The molecule has 0 spiro atoms. The molecule has 0 radical (unpaired) electrons. The highest BCUT2D eigenvalue weighted by molar-refractivity contribution is 6.30. The Balaban J connectivity index is 1.28. The standard InChI is InChI=1S/C24H22ClN3O2/c25-19-9-7-16(8-10-19)12-20-14-26-23(30-20)18-5-3-11-28(15-18)24(29)22-13-17-4-1-2-6-21(17)27-22/h1-2,4,6-10,13-14,18,27H,3,5,11-12,15H2. The van der Waals surface area contributed by atoms with E-state index >= 15 is 0 Å². The number of fused-ring (bicyclic) bond motifs is 1. The van der Waals surface area contributed by atoms with Crippen LogP contribution >= 0.6 is 11.6 Å². The lowest BCUT2D eigenvalue weighted by Crippen LogP contribution is -2.39. The second-order valence-corrected chi connectivity index (χ2v) is 8.27. The lowest BCUT2D eigenvalue weighted by Gasteiger charge is -2.31. The van der Waals surface area contributed by atoms with Crippen LogP contribution in [0.25, 0.3) is 10.9 Å². The molecule has 1 saturated heterocycles. The predicted molar refractivity (Wildman–Crippen MR) is 117 cm³/mol. The summed E-state index contributed by atoms with van der Waals surface area (Å²) in [5.41, 5.74) is 2.74. The number of hydrogen-bond acceptors (Lipinski definition) is 3. The Morgan fingerprint density at radius 2 is 2.03 bits per heavy atom. The third-order valence-electron chi connectivity index (χ3n) is 5.68. The average molecular weight is 420 g/mol. The number of benzene rings is 2. The smallest absolute Gasteiger partial charge is 0.270 e.